The van der Waals surface area contributed by atoms with E-state index in [-0.39, 0.29) is 29.2 Å². The minimum absolute atomic E-state index is 0.0663. The summed E-state index contributed by atoms with van der Waals surface area (Å²) in [5.41, 5.74) is 1.12. The summed E-state index contributed by atoms with van der Waals surface area (Å²) in [5.74, 6) is -0.439. The Hall–Kier alpha value is -3.22. The number of nitrogens with zero attached hydrogens (tertiary/aromatic N) is 2. The third kappa shape index (κ3) is 8.40. The highest BCUT2D eigenvalue weighted by molar-refractivity contribution is 7.90. The van der Waals surface area contributed by atoms with E-state index < -0.39 is 33.9 Å². The molecular weight excluding hydrogens is 508 g/mol. The number of hydrogen-bond acceptors (Lipinski definition) is 9. The van der Waals surface area contributed by atoms with Crippen LogP contribution in [0.25, 0.3) is 0 Å². The van der Waals surface area contributed by atoms with Crippen LogP contribution >= 0.6 is 0 Å². The van der Waals surface area contributed by atoms with Crippen LogP contribution in [0.15, 0.2) is 42.5 Å². The van der Waals surface area contributed by atoms with Crippen LogP contribution in [0.5, 0.6) is 0 Å². The van der Waals surface area contributed by atoms with Crippen molar-refractivity contribution in [2.75, 3.05) is 42.9 Å². The summed E-state index contributed by atoms with van der Waals surface area (Å²) in [5, 5.41) is 23.2. The number of benzene rings is 1. The minimum Gasteiger partial charge on any atom is -0.389 e. The Bertz CT molecular complexity index is 1210. The highest BCUT2D eigenvalue weighted by atomic mass is 32.2. The van der Waals surface area contributed by atoms with Crippen LogP contribution < -0.4 is 21.3 Å². The van der Waals surface area contributed by atoms with Gasteiger partial charge in [0.25, 0.3) is 5.91 Å². The molecule has 1 aliphatic rings. The molecule has 1 aliphatic heterocycles. The first-order valence-corrected chi connectivity index (χ1v) is 14.7. The van der Waals surface area contributed by atoms with Crippen molar-refractivity contribution >= 4 is 33.3 Å². The molecule has 1 aromatic carbocycles. The summed E-state index contributed by atoms with van der Waals surface area (Å²) in [6.07, 6.45) is 1.01. The Balaban J connectivity index is 1.90. The number of nitrogens with one attached hydrogen (secondary N) is 4. The van der Waals surface area contributed by atoms with Crippen LogP contribution in [0.4, 0.5) is 11.6 Å². The lowest BCUT2D eigenvalue weighted by Crippen LogP contribution is -2.63. The maximum absolute atomic E-state index is 13.5. The first kappa shape index (κ1) is 29.3. The van der Waals surface area contributed by atoms with Gasteiger partial charge in [-0.15, -0.1) is 0 Å². The zero-order valence-electron chi connectivity index (χ0n) is 22.3. The van der Waals surface area contributed by atoms with Gasteiger partial charge in [0.2, 0.25) is 5.91 Å². The van der Waals surface area contributed by atoms with E-state index in [0.717, 1.165) is 18.2 Å². The van der Waals surface area contributed by atoms with Crippen molar-refractivity contribution < 1.29 is 23.1 Å². The van der Waals surface area contributed by atoms with E-state index in [9.17, 15) is 23.1 Å². The van der Waals surface area contributed by atoms with Gasteiger partial charge in [-0.05, 0) is 37.5 Å². The first-order chi connectivity index (χ1) is 18.0. The van der Waals surface area contributed by atoms with Crippen molar-refractivity contribution in [2.24, 2.45) is 0 Å². The molecule has 5 N–H and O–H groups in total. The lowest BCUT2D eigenvalue weighted by molar-refractivity contribution is -0.138. The van der Waals surface area contributed by atoms with E-state index >= 15 is 0 Å². The van der Waals surface area contributed by atoms with Gasteiger partial charge in [0, 0.05) is 38.0 Å². The summed E-state index contributed by atoms with van der Waals surface area (Å²) in [7, 11) is -1.65. The predicted octanol–water partition coefficient (Wildman–Crippen LogP) is 0.838. The van der Waals surface area contributed by atoms with E-state index in [1.54, 1.807) is 18.0 Å². The van der Waals surface area contributed by atoms with Gasteiger partial charge in [0.1, 0.15) is 23.6 Å². The second-order valence-corrected chi connectivity index (χ2v) is 11.9. The average Bonchev–Trinajstić information content (AvgIpc) is 2.88. The fraction of sp³-hybridized carbons (Fsp3) is 0.500. The lowest BCUT2D eigenvalue weighted by atomic mass is 9.94. The highest BCUT2D eigenvalue weighted by Crippen LogP contribution is 2.18. The first-order valence-electron chi connectivity index (χ1n) is 12.7. The topological polar surface area (TPSA) is 153 Å². The SMILES string of the molecule is CCC(C)Nc1cc(C(=O)NC(Cc2ccccc2)[C@H](O)C2NCCN(C)C2=O)cc(NCS(C)(=O)=O)n1. The molecule has 1 aromatic heterocycles. The number of rotatable bonds is 12. The average molecular weight is 547 g/mol. The third-order valence-electron chi connectivity index (χ3n) is 6.43. The monoisotopic (exact) mass is 546 g/mol. The molecule has 3 rings (SSSR count). The second-order valence-electron chi connectivity index (χ2n) is 9.78. The minimum atomic E-state index is -3.33. The van der Waals surface area contributed by atoms with Gasteiger partial charge in [-0.25, -0.2) is 13.4 Å². The fourth-order valence-electron chi connectivity index (χ4n) is 4.08. The molecule has 4 atom stereocenters. The summed E-state index contributed by atoms with van der Waals surface area (Å²) >= 11 is 0. The quantitative estimate of drug-likeness (QED) is 0.261. The number of aliphatic hydroxyl groups excluding tert-OH is 1. The zero-order chi connectivity index (χ0) is 27.9. The Morgan fingerprint density at radius 3 is 2.58 bits per heavy atom. The fourth-order valence-corrected chi connectivity index (χ4v) is 4.49. The Labute approximate surface area is 224 Å². The number of pyridine rings is 1. The molecule has 3 unspecified atom stereocenters. The number of likely N-dealkylation sites (N-methyl/N-ethyl adjacent to an activating group) is 1. The number of sulfone groups is 1. The Morgan fingerprint density at radius 1 is 1.24 bits per heavy atom. The lowest BCUT2D eigenvalue weighted by Gasteiger charge is -2.36. The molecule has 1 fully saturated rings. The summed E-state index contributed by atoms with van der Waals surface area (Å²) < 4.78 is 23.4. The van der Waals surface area contributed by atoms with Crippen molar-refractivity contribution in [3.63, 3.8) is 0 Å². The number of piperazine rings is 1. The van der Waals surface area contributed by atoms with Crippen LogP contribution in [-0.2, 0) is 21.1 Å². The molecule has 2 aromatic rings. The van der Waals surface area contributed by atoms with E-state index in [1.165, 1.54) is 6.07 Å². The van der Waals surface area contributed by atoms with Crippen LogP contribution in [0.3, 0.4) is 0 Å². The van der Waals surface area contributed by atoms with E-state index in [1.807, 2.05) is 44.2 Å². The molecule has 2 amide bonds. The van der Waals surface area contributed by atoms with Crippen LogP contribution in [0, 0.1) is 0 Å². The van der Waals surface area contributed by atoms with E-state index in [2.05, 4.69) is 26.3 Å². The molecule has 1 saturated heterocycles. The molecular formula is C26H38N6O5S. The van der Waals surface area contributed by atoms with E-state index in [0.29, 0.717) is 25.3 Å². The van der Waals surface area contributed by atoms with Gasteiger partial charge in [-0.2, -0.15) is 0 Å². The number of carbonyl (C=O) groups is 2. The molecule has 0 aliphatic carbocycles. The van der Waals surface area contributed by atoms with Crippen molar-refractivity contribution in [3.05, 3.63) is 53.6 Å². The maximum Gasteiger partial charge on any atom is 0.251 e. The van der Waals surface area contributed by atoms with Gasteiger partial charge in [-0.1, -0.05) is 37.3 Å². The largest absolute Gasteiger partial charge is 0.389 e. The van der Waals surface area contributed by atoms with Gasteiger partial charge >= 0.3 is 0 Å². The summed E-state index contributed by atoms with van der Waals surface area (Å²) in [6.45, 7) is 5.03. The molecule has 0 bridgehead atoms. The molecule has 38 heavy (non-hydrogen) atoms. The summed E-state index contributed by atoms with van der Waals surface area (Å²) in [6, 6.07) is 10.9. The molecule has 11 nitrogen and oxygen atoms in total. The number of amides is 2. The smallest absolute Gasteiger partial charge is 0.251 e. The zero-order valence-corrected chi connectivity index (χ0v) is 23.1. The van der Waals surface area contributed by atoms with Crippen LogP contribution in [0.1, 0.15) is 36.2 Å². The Morgan fingerprint density at radius 2 is 1.92 bits per heavy atom. The van der Waals surface area contributed by atoms with Crippen molar-refractivity contribution in [2.45, 2.75) is 50.9 Å². The number of aromatic nitrogens is 1. The Kier molecular flexibility index (Phi) is 10.1. The van der Waals surface area contributed by atoms with E-state index in [4.69, 9.17) is 0 Å². The second kappa shape index (κ2) is 13.0. The van der Waals surface area contributed by atoms with Gasteiger partial charge in [-0.3, -0.25) is 9.59 Å². The van der Waals surface area contributed by atoms with Crippen molar-refractivity contribution in [1.82, 2.24) is 20.5 Å². The van der Waals surface area contributed by atoms with Gasteiger partial charge in [0.05, 0.1) is 12.1 Å². The number of hydrogen-bond donors (Lipinski definition) is 5. The molecule has 2 heterocycles. The highest BCUT2D eigenvalue weighted by Gasteiger charge is 2.37. The molecule has 12 heteroatoms. The van der Waals surface area contributed by atoms with Crippen LogP contribution in [0.2, 0.25) is 0 Å². The molecule has 0 saturated carbocycles. The molecule has 0 spiro atoms. The maximum atomic E-state index is 13.5. The standard InChI is InChI=1S/C26H38N6O5S/c1-5-17(2)29-22-15-19(14-21(31-22)28-16-38(4,36)37)25(34)30-20(13-18-9-7-6-8-10-18)24(33)23-26(35)32(3)12-11-27-23/h6-10,14-15,17,20,23-24,27,33H,5,11-13,16H2,1-4H3,(H,30,34)(H2,28,29,31)/t17?,20?,23?,24-/m0/s1. The number of anilines is 2. The van der Waals surface area contributed by atoms with Crippen LogP contribution in [-0.4, -0.2) is 91.7 Å². The molecule has 208 valence electrons. The van der Waals surface area contributed by atoms with Gasteiger partial charge in [0.15, 0.2) is 9.84 Å². The number of aliphatic hydroxyl groups is 1. The van der Waals surface area contributed by atoms with Gasteiger partial charge < -0.3 is 31.3 Å². The third-order valence-corrected chi connectivity index (χ3v) is 7.10. The van der Waals surface area contributed by atoms with Crippen molar-refractivity contribution in [3.8, 4) is 0 Å². The van der Waals surface area contributed by atoms with Crippen molar-refractivity contribution in [1.29, 1.82) is 0 Å². The number of carbonyl (C=O) groups excluding carboxylic acids is 2. The normalized spacial score (nSPS) is 18.4. The summed E-state index contributed by atoms with van der Waals surface area (Å²) in [4.78, 5) is 32.2. The molecule has 0 radical (unpaired) electrons. The predicted molar refractivity (Wildman–Crippen MR) is 148 cm³/mol.